The molecule has 0 fully saturated rings. The molecule has 0 saturated heterocycles. The van der Waals surface area contributed by atoms with Crippen LogP contribution in [0.4, 0.5) is 11.4 Å². The van der Waals surface area contributed by atoms with Gasteiger partial charge in [0.1, 0.15) is 0 Å². The van der Waals surface area contributed by atoms with E-state index in [1.54, 1.807) is 0 Å². The van der Waals surface area contributed by atoms with Crippen molar-refractivity contribution in [3.05, 3.63) is 24.3 Å². The van der Waals surface area contributed by atoms with Gasteiger partial charge in [0.25, 0.3) is 0 Å². The van der Waals surface area contributed by atoms with Crippen molar-refractivity contribution in [2.75, 3.05) is 39.5 Å². The Hall–Kier alpha value is -0.200. The number of benzene rings is 1. The number of alkyl halides is 3. The molecule has 100 valence electrons. The summed E-state index contributed by atoms with van der Waals surface area (Å²) in [7, 11) is 0. The number of carbonyl (C=O) groups is 1. The van der Waals surface area contributed by atoms with Gasteiger partial charge in [-0.1, -0.05) is 22.6 Å². The summed E-state index contributed by atoms with van der Waals surface area (Å²) in [6, 6.07) is 7.69. The second-order valence-corrected chi connectivity index (χ2v) is 5.11. The molecule has 0 atom stereocenters. The Kier molecular flexibility index (Phi) is 7.77. The summed E-state index contributed by atoms with van der Waals surface area (Å²) in [5.41, 5.74) is 1.86. The molecule has 1 amide bonds. The van der Waals surface area contributed by atoms with Crippen molar-refractivity contribution < 1.29 is 4.79 Å². The molecule has 0 aliphatic carbocycles. The lowest BCUT2D eigenvalue weighted by atomic mass is 10.2. The zero-order valence-electron chi connectivity index (χ0n) is 9.83. The average molecular weight is 401 g/mol. The van der Waals surface area contributed by atoms with Crippen molar-refractivity contribution in [2.24, 2.45) is 0 Å². The van der Waals surface area contributed by atoms with Crippen molar-refractivity contribution >= 4 is 63.1 Å². The highest BCUT2D eigenvalue weighted by molar-refractivity contribution is 14.1. The lowest BCUT2D eigenvalue weighted by Gasteiger charge is -2.23. The fourth-order valence-corrected chi connectivity index (χ4v) is 2.12. The normalized spacial score (nSPS) is 10.2. The quantitative estimate of drug-likeness (QED) is 0.562. The van der Waals surface area contributed by atoms with Crippen LogP contribution in [-0.4, -0.2) is 35.2 Å². The number of halogens is 3. The maximum atomic E-state index is 11.2. The topological polar surface area (TPSA) is 32.3 Å². The number of nitrogens with zero attached hydrogens (tertiary/aromatic N) is 1. The number of amides is 1. The first kappa shape index (κ1) is 15.9. The van der Waals surface area contributed by atoms with E-state index in [0.717, 1.165) is 24.5 Å². The van der Waals surface area contributed by atoms with Gasteiger partial charge in [-0.05, 0) is 24.3 Å². The van der Waals surface area contributed by atoms with Gasteiger partial charge in [-0.2, -0.15) is 0 Å². The molecule has 0 heterocycles. The van der Waals surface area contributed by atoms with Gasteiger partial charge in [0.2, 0.25) is 5.91 Å². The van der Waals surface area contributed by atoms with Crippen LogP contribution in [0.2, 0.25) is 0 Å². The van der Waals surface area contributed by atoms with E-state index in [9.17, 15) is 4.79 Å². The van der Waals surface area contributed by atoms with Crippen LogP contribution in [0.1, 0.15) is 0 Å². The number of carbonyl (C=O) groups excluding carboxylic acids is 1. The minimum absolute atomic E-state index is 0.00159. The fraction of sp³-hybridized carbons (Fsp3) is 0.417. The number of hydrogen-bond acceptors (Lipinski definition) is 2. The van der Waals surface area contributed by atoms with Crippen LogP contribution in [0.5, 0.6) is 0 Å². The van der Waals surface area contributed by atoms with Gasteiger partial charge in [0, 0.05) is 36.2 Å². The van der Waals surface area contributed by atoms with E-state index in [1.807, 2.05) is 46.9 Å². The summed E-state index contributed by atoms with van der Waals surface area (Å²) in [5.74, 6) is 1.12. The number of rotatable bonds is 7. The molecule has 0 aromatic heterocycles. The molecule has 0 aliphatic heterocycles. The number of hydrogen-bond donors (Lipinski definition) is 1. The highest BCUT2D eigenvalue weighted by Gasteiger charge is 2.05. The van der Waals surface area contributed by atoms with E-state index in [2.05, 4.69) is 10.2 Å². The molecule has 0 spiro atoms. The van der Waals surface area contributed by atoms with Crippen LogP contribution in [0.3, 0.4) is 0 Å². The Balaban J connectivity index is 2.70. The van der Waals surface area contributed by atoms with Gasteiger partial charge in [-0.25, -0.2) is 0 Å². The second kappa shape index (κ2) is 8.82. The van der Waals surface area contributed by atoms with Crippen LogP contribution in [-0.2, 0) is 4.79 Å². The van der Waals surface area contributed by atoms with Crippen LogP contribution >= 0.6 is 45.8 Å². The molecule has 0 aliphatic rings. The van der Waals surface area contributed by atoms with Gasteiger partial charge < -0.3 is 10.2 Å². The Morgan fingerprint density at radius 1 is 1.17 bits per heavy atom. The molecule has 3 nitrogen and oxygen atoms in total. The second-order valence-electron chi connectivity index (χ2n) is 3.59. The minimum atomic E-state index is 0.00159. The SMILES string of the molecule is O=C(CI)Nc1ccc(N(CCCl)CCCl)cc1. The van der Waals surface area contributed by atoms with Crippen molar-refractivity contribution in [3.8, 4) is 0 Å². The van der Waals surface area contributed by atoms with Crippen molar-refractivity contribution in [1.82, 2.24) is 0 Å². The minimum Gasteiger partial charge on any atom is -0.369 e. The number of nitrogens with one attached hydrogen (secondary N) is 1. The first-order valence-corrected chi connectivity index (χ1v) is 8.13. The van der Waals surface area contributed by atoms with Gasteiger partial charge >= 0.3 is 0 Å². The molecule has 1 aromatic rings. The van der Waals surface area contributed by atoms with Gasteiger partial charge in [-0.15, -0.1) is 23.2 Å². The third kappa shape index (κ3) is 5.20. The maximum Gasteiger partial charge on any atom is 0.234 e. The Morgan fingerprint density at radius 3 is 2.17 bits per heavy atom. The van der Waals surface area contributed by atoms with Crippen LogP contribution in [0.15, 0.2) is 24.3 Å². The summed E-state index contributed by atoms with van der Waals surface area (Å²) in [5, 5.41) is 2.80. The molecule has 0 bridgehead atoms. The molecule has 1 aromatic carbocycles. The largest absolute Gasteiger partial charge is 0.369 e. The third-order valence-electron chi connectivity index (χ3n) is 2.35. The first-order chi connectivity index (χ1) is 8.71. The summed E-state index contributed by atoms with van der Waals surface area (Å²) in [6.45, 7) is 1.52. The molecule has 18 heavy (non-hydrogen) atoms. The smallest absolute Gasteiger partial charge is 0.234 e. The van der Waals surface area contributed by atoms with Crippen molar-refractivity contribution in [2.45, 2.75) is 0 Å². The standard InChI is InChI=1S/C12H15Cl2IN2O/c13-5-7-17(8-6-14)11-3-1-10(2-4-11)16-12(18)9-15/h1-4H,5-9H2,(H,16,18). The van der Waals surface area contributed by atoms with Crippen LogP contribution in [0, 0.1) is 0 Å². The summed E-state index contributed by atoms with van der Waals surface area (Å²) in [4.78, 5) is 13.4. The van der Waals surface area contributed by atoms with E-state index < -0.39 is 0 Å². The van der Waals surface area contributed by atoms with Crippen LogP contribution < -0.4 is 10.2 Å². The average Bonchev–Trinajstić information content (AvgIpc) is 2.39. The third-order valence-corrected chi connectivity index (χ3v) is 3.38. The van der Waals surface area contributed by atoms with E-state index in [4.69, 9.17) is 23.2 Å². The maximum absolute atomic E-state index is 11.2. The van der Waals surface area contributed by atoms with Crippen molar-refractivity contribution in [1.29, 1.82) is 0 Å². The summed E-state index contributed by atoms with van der Waals surface area (Å²) in [6.07, 6.45) is 0. The summed E-state index contributed by atoms with van der Waals surface area (Å²) >= 11 is 13.5. The Morgan fingerprint density at radius 2 is 1.72 bits per heavy atom. The van der Waals surface area contributed by atoms with E-state index in [0.29, 0.717) is 16.2 Å². The molecular weight excluding hydrogens is 386 g/mol. The van der Waals surface area contributed by atoms with E-state index in [1.165, 1.54) is 0 Å². The molecule has 6 heteroatoms. The zero-order chi connectivity index (χ0) is 13.4. The fourth-order valence-electron chi connectivity index (χ4n) is 1.52. The molecule has 1 rings (SSSR count). The molecule has 0 unspecified atom stereocenters. The highest BCUT2D eigenvalue weighted by atomic mass is 127. The van der Waals surface area contributed by atoms with E-state index in [-0.39, 0.29) is 5.91 Å². The monoisotopic (exact) mass is 400 g/mol. The van der Waals surface area contributed by atoms with Gasteiger partial charge in [0.05, 0.1) is 4.43 Å². The lowest BCUT2D eigenvalue weighted by molar-refractivity contribution is -0.113. The summed E-state index contributed by atoms with van der Waals surface area (Å²) < 4.78 is 0.449. The predicted molar refractivity (Wildman–Crippen MR) is 87.6 cm³/mol. The predicted octanol–water partition coefficient (Wildman–Crippen LogP) is 3.34. The number of anilines is 2. The molecular formula is C12H15Cl2IN2O. The zero-order valence-corrected chi connectivity index (χ0v) is 13.5. The highest BCUT2D eigenvalue weighted by Crippen LogP contribution is 2.18. The lowest BCUT2D eigenvalue weighted by Crippen LogP contribution is -2.27. The van der Waals surface area contributed by atoms with E-state index >= 15 is 0 Å². The molecule has 0 saturated carbocycles. The van der Waals surface area contributed by atoms with Crippen LogP contribution in [0.25, 0.3) is 0 Å². The first-order valence-electron chi connectivity index (χ1n) is 5.54. The molecule has 0 radical (unpaired) electrons. The Labute approximate surface area is 131 Å². The van der Waals surface area contributed by atoms with Gasteiger partial charge in [0.15, 0.2) is 0 Å². The molecule has 1 N–H and O–H groups in total. The van der Waals surface area contributed by atoms with Gasteiger partial charge in [-0.3, -0.25) is 4.79 Å². The Bertz CT molecular complexity index is 367. The van der Waals surface area contributed by atoms with Crippen molar-refractivity contribution in [3.63, 3.8) is 0 Å².